The van der Waals surface area contributed by atoms with Gasteiger partial charge in [-0.1, -0.05) is 66.5 Å². The van der Waals surface area contributed by atoms with Crippen LogP contribution in [0, 0.1) is 18.8 Å². The average molecular weight is 324 g/mol. The molecule has 3 aromatic carbocycles. The zero-order chi connectivity index (χ0) is 17.5. The third-order valence-electron chi connectivity index (χ3n) is 3.84. The normalized spacial score (nSPS) is 9.80. The first-order chi connectivity index (χ1) is 12.2. The number of ether oxygens (including phenoxy) is 1. The van der Waals surface area contributed by atoms with Crippen LogP contribution < -0.4 is 4.74 Å². The Hall–Kier alpha value is -3.24. The van der Waals surface area contributed by atoms with E-state index in [4.69, 9.17) is 4.74 Å². The van der Waals surface area contributed by atoms with Gasteiger partial charge >= 0.3 is 0 Å². The summed E-state index contributed by atoms with van der Waals surface area (Å²) in [6, 6.07) is 24.6. The van der Waals surface area contributed by atoms with Crippen molar-refractivity contribution in [2.45, 2.75) is 6.92 Å². The molecule has 0 aliphatic rings. The Labute approximate surface area is 149 Å². The molecule has 0 atom stereocenters. The van der Waals surface area contributed by atoms with Crippen molar-refractivity contribution in [2.75, 3.05) is 6.61 Å². The Kier molecular flexibility index (Phi) is 5.34. The largest absolute Gasteiger partial charge is 0.490 e. The van der Waals surface area contributed by atoms with Gasteiger partial charge in [-0.3, -0.25) is 0 Å². The molecule has 1 nitrogen and oxygen atoms in total. The van der Waals surface area contributed by atoms with Crippen LogP contribution in [0.4, 0.5) is 0 Å². The van der Waals surface area contributed by atoms with Crippen molar-refractivity contribution in [1.29, 1.82) is 0 Å². The summed E-state index contributed by atoms with van der Waals surface area (Å²) >= 11 is 0. The van der Waals surface area contributed by atoms with Crippen molar-refractivity contribution in [3.8, 4) is 28.7 Å². The molecule has 0 aliphatic heterocycles. The monoisotopic (exact) mass is 324 g/mol. The first-order valence-electron chi connectivity index (χ1n) is 8.27. The minimum atomic E-state index is 0.522. The predicted molar refractivity (Wildman–Crippen MR) is 105 cm³/mol. The molecule has 0 N–H and O–H groups in total. The summed E-state index contributed by atoms with van der Waals surface area (Å²) in [5.74, 6) is 7.26. The van der Waals surface area contributed by atoms with E-state index in [1.54, 1.807) is 6.08 Å². The van der Waals surface area contributed by atoms with Crippen molar-refractivity contribution >= 4 is 0 Å². The topological polar surface area (TPSA) is 9.23 Å². The summed E-state index contributed by atoms with van der Waals surface area (Å²) in [4.78, 5) is 0. The number of hydrogen-bond donors (Lipinski definition) is 0. The van der Waals surface area contributed by atoms with Gasteiger partial charge < -0.3 is 4.74 Å². The van der Waals surface area contributed by atoms with Gasteiger partial charge in [0.05, 0.1) is 0 Å². The Bertz CT molecular complexity index is 890. The molecule has 3 rings (SSSR count). The Morgan fingerprint density at radius 2 is 1.24 bits per heavy atom. The number of rotatable bonds is 4. The predicted octanol–water partition coefficient (Wildman–Crippen LogP) is 5.63. The molecule has 0 saturated heterocycles. The molecule has 0 amide bonds. The molecule has 0 unspecified atom stereocenters. The maximum Gasteiger partial charge on any atom is 0.119 e. The van der Waals surface area contributed by atoms with Crippen molar-refractivity contribution in [3.05, 3.63) is 102 Å². The summed E-state index contributed by atoms with van der Waals surface area (Å²) in [5.41, 5.74) is 5.61. The molecule has 0 bridgehead atoms. The molecule has 0 aromatic heterocycles. The van der Waals surface area contributed by atoms with Crippen LogP contribution in [0.2, 0.25) is 0 Å². The zero-order valence-electron chi connectivity index (χ0n) is 14.3. The average Bonchev–Trinajstić information content (AvgIpc) is 2.67. The second-order valence-corrected chi connectivity index (χ2v) is 5.82. The highest BCUT2D eigenvalue weighted by molar-refractivity contribution is 5.65. The molecule has 0 spiro atoms. The number of benzene rings is 3. The van der Waals surface area contributed by atoms with Crippen LogP contribution in [0.3, 0.4) is 0 Å². The second-order valence-electron chi connectivity index (χ2n) is 5.82. The highest BCUT2D eigenvalue weighted by atomic mass is 16.5. The van der Waals surface area contributed by atoms with E-state index in [2.05, 4.69) is 73.9 Å². The number of hydrogen-bond acceptors (Lipinski definition) is 1. The van der Waals surface area contributed by atoms with Crippen LogP contribution >= 0.6 is 0 Å². The first-order valence-corrected chi connectivity index (χ1v) is 8.27. The molecule has 0 radical (unpaired) electrons. The summed E-state index contributed by atoms with van der Waals surface area (Å²) in [6.45, 7) is 6.25. The van der Waals surface area contributed by atoms with E-state index in [1.807, 2.05) is 24.3 Å². The molecule has 25 heavy (non-hydrogen) atoms. The highest BCUT2D eigenvalue weighted by Crippen LogP contribution is 2.22. The molecule has 0 saturated carbocycles. The van der Waals surface area contributed by atoms with Crippen molar-refractivity contribution < 1.29 is 4.74 Å². The van der Waals surface area contributed by atoms with E-state index in [0.29, 0.717) is 6.61 Å². The zero-order valence-corrected chi connectivity index (χ0v) is 14.3. The summed E-state index contributed by atoms with van der Waals surface area (Å²) in [7, 11) is 0. The quantitative estimate of drug-likeness (QED) is 0.446. The van der Waals surface area contributed by atoms with E-state index in [-0.39, 0.29) is 0 Å². The van der Waals surface area contributed by atoms with Gasteiger partial charge in [0.1, 0.15) is 12.4 Å². The van der Waals surface area contributed by atoms with Crippen LogP contribution in [0.5, 0.6) is 5.75 Å². The molecule has 1 heteroatoms. The lowest BCUT2D eigenvalue weighted by Crippen LogP contribution is -1.92. The van der Waals surface area contributed by atoms with E-state index in [0.717, 1.165) is 28.0 Å². The van der Waals surface area contributed by atoms with Crippen LogP contribution in [-0.2, 0) is 0 Å². The van der Waals surface area contributed by atoms with Crippen LogP contribution in [-0.4, -0.2) is 6.61 Å². The highest BCUT2D eigenvalue weighted by Gasteiger charge is 1.99. The lowest BCUT2D eigenvalue weighted by molar-refractivity contribution is 0.363. The van der Waals surface area contributed by atoms with Gasteiger partial charge in [-0.05, 0) is 54.4 Å². The van der Waals surface area contributed by atoms with Gasteiger partial charge in [-0.15, -0.1) is 0 Å². The molecular weight excluding hydrogens is 304 g/mol. The van der Waals surface area contributed by atoms with Crippen LogP contribution in [0.15, 0.2) is 85.5 Å². The maximum absolute atomic E-state index is 5.51. The smallest absolute Gasteiger partial charge is 0.119 e. The van der Waals surface area contributed by atoms with Crippen LogP contribution in [0.25, 0.3) is 11.1 Å². The van der Waals surface area contributed by atoms with Gasteiger partial charge in [-0.2, -0.15) is 0 Å². The fourth-order valence-corrected chi connectivity index (χ4v) is 2.43. The standard InChI is InChI=1S/C24H20O/c1-3-18-25-24-16-14-23(15-17-24)22-12-10-21(11-13-22)9-8-20-6-4-19(2)5-7-20/h3-7,10-17H,1,18H2,2H3. The first kappa shape index (κ1) is 16.6. The van der Waals surface area contributed by atoms with Gasteiger partial charge in [0.25, 0.3) is 0 Å². The van der Waals surface area contributed by atoms with Crippen molar-refractivity contribution in [2.24, 2.45) is 0 Å². The molecule has 122 valence electrons. The lowest BCUT2D eigenvalue weighted by Gasteiger charge is -2.05. The van der Waals surface area contributed by atoms with Crippen molar-refractivity contribution in [1.82, 2.24) is 0 Å². The minimum absolute atomic E-state index is 0.522. The molecular formula is C24H20O. The summed E-state index contributed by atoms with van der Waals surface area (Å²) in [5, 5.41) is 0. The fraction of sp³-hybridized carbons (Fsp3) is 0.0833. The third-order valence-corrected chi connectivity index (χ3v) is 3.84. The van der Waals surface area contributed by atoms with Crippen LogP contribution in [0.1, 0.15) is 16.7 Å². The van der Waals surface area contributed by atoms with Crippen molar-refractivity contribution in [3.63, 3.8) is 0 Å². The van der Waals surface area contributed by atoms with Gasteiger partial charge in [0.15, 0.2) is 0 Å². The van der Waals surface area contributed by atoms with E-state index in [1.165, 1.54) is 5.56 Å². The van der Waals surface area contributed by atoms with Gasteiger partial charge in [-0.25, -0.2) is 0 Å². The number of aryl methyl sites for hydroxylation is 1. The van der Waals surface area contributed by atoms with Gasteiger partial charge in [0, 0.05) is 11.1 Å². The van der Waals surface area contributed by atoms with E-state index in [9.17, 15) is 0 Å². The summed E-state index contributed by atoms with van der Waals surface area (Å²) in [6.07, 6.45) is 1.74. The molecule has 0 fully saturated rings. The van der Waals surface area contributed by atoms with E-state index >= 15 is 0 Å². The third kappa shape index (κ3) is 4.62. The Morgan fingerprint density at radius 3 is 1.76 bits per heavy atom. The fourth-order valence-electron chi connectivity index (χ4n) is 2.43. The molecule has 0 heterocycles. The van der Waals surface area contributed by atoms with E-state index < -0.39 is 0 Å². The molecule has 0 aliphatic carbocycles. The molecule has 3 aromatic rings. The minimum Gasteiger partial charge on any atom is -0.490 e. The van der Waals surface area contributed by atoms with Gasteiger partial charge in [0.2, 0.25) is 0 Å². The SMILES string of the molecule is C=CCOc1ccc(-c2ccc(C#Cc3ccc(C)cc3)cc2)cc1. The maximum atomic E-state index is 5.51. The Balaban J connectivity index is 1.72. The summed E-state index contributed by atoms with van der Waals surface area (Å²) < 4.78 is 5.51. The Morgan fingerprint density at radius 1 is 0.760 bits per heavy atom. The lowest BCUT2D eigenvalue weighted by atomic mass is 10.0. The second kappa shape index (κ2) is 8.04.